The zero-order chi connectivity index (χ0) is 10.1. The van der Waals surface area contributed by atoms with Gasteiger partial charge in [-0.25, -0.2) is 4.68 Å². The van der Waals surface area contributed by atoms with Gasteiger partial charge in [-0.3, -0.25) is 4.79 Å². The molecule has 0 fully saturated rings. The van der Waals surface area contributed by atoms with Crippen molar-refractivity contribution in [2.75, 3.05) is 7.05 Å². The molecular formula is C7H13N5O. The molecule has 0 aliphatic carbocycles. The molecule has 0 aliphatic heterocycles. The smallest absolute Gasteiger partial charge is 0.221 e. The molecule has 0 atom stereocenters. The molecule has 0 aliphatic rings. The van der Waals surface area contributed by atoms with E-state index in [1.54, 1.807) is 27.9 Å². The first-order valence-corrected chi connectivity index (χ1v) is 3.95. The van der Waals surface area contributed by atoms with Crippen LogP contribution in [0.15, 0.2) is 0 Å². The van der Waals surface area contributed by atoms with Gasteiger partial charge in [0.05, 0.1) is 5.54 Å². The number of hydrogen-bond acceptors (Lipinski definition) is 5. The van der Waals surface area contributed by atoms with Gasteiger partial charge in [0.1, 0.15) is 0 Å². The first-order valence-electron chi connectivity index (χ1n) is 3.95. The van der Waals surface area contributed by atoms with Gasteiger partial charge in [-0.1, -0.05) is 0 Å². The predicted molar refractivity (Wildman–Crippen MR) is 46.3 cm³/mol. The first-order chi connectivity index (χ1) is 5.99. The Morgan fingerprint density at radius 1 is 1.54 bits per heavy atom. The highest BCUT2D eigenvalue weighted by molar-refractivity contribution is 5.99. The van der Waals surface area contributed by atoms with Crippen LogP contribution >= 0.6 is 0 Å². The quantitative estimate of drug-likeness (QED) is 0.633. The third kappa shape index (κ3) is 1.72. The van der Waals surface area contributed by atoms with Gasteiger partial charge in [0, 0.05) is 7.05 Å². The number of carbonyl (C=O) groups excluding carboxylic acids is 1. The lowest BCUT2D eigenvalue weighted by Gasteiger charge is -2.20. The normalized spacial score (nSPS) is 11.7. The SMILES string of the molecule is CNC(C)(C)C(=O)c1nnnn1C. The lowest BCUT2D eigenvalue weighted by Crippen LogP contribution is -2.45. The van der Waals surface area contributed by atoms with Crippen LogP contribution in [0.25, 0.3) is 0 Å². The number of rotatable bonds is 3. The molecule has 1 aromatic rings. The highest BCUT2D eigenvalue weighted by atomic mass is 16.1. The van der Waals surface area contributed by atoms with E-state index in [1.165, 1.54) is 4.68 Å². The third-order valence-electron chi connectivity index (χ3n) is 2.02. The Kier molecular flexibility index (Phi) is 2.42. The zero-order valence-electron chi connectivity index (χ0n) is 8.20. The van der Waals surface area contributed by atoms with E-state index in [2.05, 4.69) is 20.8 Å². The Labute approximate surface area is 76.3 Å². The van der Waals surface area contributed by atoms with Crippen molar-refractivity contribution in [3.05, 3.63) is 5.82 Å². The van der Waals surface area contributed by atoms with Crippen LogP contribution in [0.3, 0.4) is 0 Å². The van der Waals surface area contributed by atoms with Crippen molar-refractivity contribution < 1.29 is 4.79 Å². The van der Waals surface area contributed by atoms with Crippen molar-refractivity contribution in [3.63, 3.8) is 0 Å². The molecule has 0 radical (unpaired) electrons. The number of ketones is 1. The summed E-state index contributed by atoms with van der Waals surface area (Å²) in [5.74, 6) is 0.141. The first kappa shape index (κ1) is 9.79. The monoisotopic (exact) mass is 183 g/mol. The Bertz CT molecular complexity index is 316. The van der Waals surface area contributed by atoms with Crippen LogP contribution in [0.1, 0.15) is 24.5 Å². The summed E-state index contributed by atoms with van der Waals surface area (Å²) in [6.07, 6.45) is 0. The Balaban J connectivity index is 2.98. The lowest BCUT2D eigenvalue weighted by atomic mass is 9.99. The van der Waals surface area contributed by atoms with Crippen molar-refractivity contribution in [1.82, 2.24) is 25.5 Å². The van der Waals surface area contributed by atoms with Crippen LogP contribution in [0.4, 0.5) is 0 Å². The van der Waals surface area contributed by atoms with Crippen LogP contribution < -0.4 is 5.32 Å². The van der Waals surface area contributed by atoms with Crippen LogP contribution in [0.2, 0.25) is 0 Å². The second kappa shape index (κ2) is 3.21. The Morgan fingerprint density at radius 2 is 2.15 bits per heavy atom. The van der Waals surface area contributed by atoms with Crippen LogP contribution in [-0.2, 0) is 7.05 Å². The molecule has 6 heteroatoms. The molecule has 0 saturated carbocycles. The van der Waals surface area contributed by atoms with E-state index < -0.39 is 5.54 Å². The summed E-state index contributed by atoms with van der Waals surface area (Å²) in [7, 11) is 3.36. The highest BCUT2D eigenvalue weighted by Gasteiger charge is 2.30. The molecular weight excluding hydrogens is 170 g/mol. The Morgan fingerprint density at radius 3 is 2.54 bits per heavy atom. The largest absolute Gasteiger partial charge is 0.308 e. The minimum atomic E-state index is -0.636. The predicted octanol–water partition coefficient (Wildman–Crippen LogP) is -0.609. The fourth-order valence-electron chi connectivity index (χ4n) is 0.815. The van der Waals surface area contributed by atoms with Crippen LogP contribution in [0.5, 0.6) is 0 Å². The van der Waals surface area contributed by atoms with E-state index in [-0.39, 0.29) is 11.6 Å². The molecule has 0 bridgehead atoms. The molecule has 0 saturated heterocycles. The minimum Gasteiger partial charge on any atom is -0.308 e. The second-order valence-electron chi connectivity index (χ2n) is 3.33. The van der Waals surface area contributed by atoms with Gasteiger partial charge < -0.3 is 5.32 Å². The molecule has 1 heterocycles. The van der Waals surface area contributed by atoms with Gasteiger partial charge in [-0.15, -0.1) is 5.10 Å². The summed E-state index contributed by atoms with van der Waals surface area (Å²) in [6.45, 7) is 3.56. The number of hydrogen-bond donors (Lipinski definition) is 1. The fraction of sp³-hybridized carbons (Fsp3) is 0.714. The summed E-state index contributed by atoms with van der Waals surface area (Å²) in [6, 6.07) is 0. The summed E-state index contributed by atoms with van der Waals surface area (Å²) < 4.78 is 1.36. The number of nitrogens with zero attached hydrogens (tertiary/aromatic N) is 4. The van der Waals surface area contributed by atoms with E-state index >= 15 is 0 Å². The van der Waals surface area contributed by atoms with Gasteiger partial charge in [0.15, 0.2) is 0 Å². The van der Waals surface area contributed by atoms with Crippen LogP contribution in [0, 0.1) is 0 Å². The van der Waals surface area contributed by atoms with E-state index in [9.17, 15) is 4.79 Å². The molecule has 0 unspecified atom stereocenters. The number of aryl methyl sites for hydroxylation is 1. The maximum atomic E-state index is 11.8. The van der Waals surface area contributed by atoms with Gasteiger partial charge >= 0.3 is 0 Å². The summed E-state index contributed by atoms with van der Waals surface area (Å²) in [5, 5.41) is 13.5. The zero-order valence-corrected chi connectivity index (χ0v) is 8.20. The molecule has 0 amide bonds. The van der Waals surface area contributed by atoms with Crippen molar-refractivity contribution in [2.45, 2.75) is 19.4 Å². The van der Waals surface area contributed by atoms with Gasteiger partial charge in [0.25, 0.3) is 0 Å². The van der Waals surface area contributed by atoms with Crippen LogP contribution in [-0.4, -0.2) is 38.6 Å². The average molecular weight is 183 g/mol. The second-order valence-corrected chi connectivity index (χ2v) is 3.33. The molecule has 0 aromatic carbocycles. The maximum absolute atomic E-state index is 11.8. The van der Waals surface area contributed by atoms with E-state index in [4.69, 9.17) is 0 Å². The summed E-state index contributed by atoms with van der Waals surface area (Å²) >= 11 is 0. The van der Waals surface area contributed by atoms with Crippen molar-refractivity contribution in [2.24, 2.45) is 7.05 Å². The molecule has 0 spiro atoms. The molecule has 13 heavy (non-hydrogen) atoms. The molecule has 1 rings (SSSR count). The third-order valence-corrected chi connectivity index (χ3v) is 2.02. The fourth-order valence-corrected chi connectivity index (χ4v) is 0.815. The number of Topliss-reactive ketones (excluding diaryl/α,β-unsaturated/α-hetero) is 1. The van der Waals surface area contributed by atoms with E-state index in [0.717, 1.165) is 0 Å². The van der Waals surface area contributed by atoms with Crippen molar-refractivity contribution >= 4 is 5.78 Å². The molecule has 72 valence electrons. The van der Waals surface area contributed by atoms with Gasteiger partial charge in [0.2, 0.25) is 11.6 Å². The average Bonchev–Trinajstić information content (AvgIpc) is 2.50. The molecule has 1 N–H and O–H groups in total. The number of nitrogens with one attached hydrogen (secondary N) is 1. The number of tetrazole rings is 1. The highest BCUT2D eigenvalue weighted by Crippen LogP contribution is 2.08. The Hall–Kier alpha value is -1.30. The van der Waals surface area contributed by atoms with Crippen molar-refractivity contribution in [1.29, 1.82) is 0 Å². The summed E-state index contributed by atoms with van der Waals surface area (Å²) in [4.78, 5) is 11.8. The summed E-state index contributed by atoms with van der Waals surface area (Å²) in [5.41, 5.74) is -0.636. The topological polar surface area (TPSA) is 72.7 Å². The van der Waals surface area contributed by atoms with Gasteiger partial charge in [-0.05, 0) is 31.3 Å². The standard InChI is InChI=1S/C7H13N5O/c1-7(2,8-3)5(13)6-9-10-11-12(6)4/h8H,1-4H3. The van der Waals surface area contributed by atoms with E-state index in [0.29, 0.717) is 0 Å². The number of aromatic nitrogens is 4. The molecule has 6 nitrogen and oxygen atoms in total. The van der Waals surface area contributed by atoms with Gasteiger partial charge in [-0.2, -0.15) is 0 Å². The number of likely N-dealkylation sites (N-methyl/N-ethyl adjacent to an activating group) is 1. The van der Waals surface area contributed by atoms with E-state index in [1.807, 2.05) is 0 Å². The minimum absolute atomic E-state index is 0.123. The molecule has 1 aromatic heterocycles. The number of carbonyl (C=O) groups is 1. The van der Waals surface area contributed by atoms with Crippen molar-refractivity contribution in [3.8, 4) is 0 Å². The maximum Gasteiger partial charge on any atom is 0.221 e. The lowest BCUT2D eigenvalue weighted by molar-refractivity contribution is 0.0874.